The molecule has 1 aliphatic rings. The van der Waals surface area contributed by atoms with Crippen LogP contribution in [0.4, 0.5) is 8.78 Å². The molecule has 0 radical (unpaired) electrons. The van der Waals surface area contributed by atoms with Crippen LogP contribution in [-0.4, -0.2) is 15.2 Å². The molecular weight excluding hydrogens is 376 g/mol. The van der Waals surface area contributed by atoms with E-state index in [4.69, 9.17) is 14.6 Å². The number of hydrogen-bond donors (Lipinski definition) is 1. The monoisotopic (exact) mass is 389 g/mol. The first kappa shape index (κ1) is 17.4. The Kier molecular flexibility index (Phi) is 4.09. The van der Waals surface area contributed by atoms with Gasteiger partial charge in [0.15, 0.2) is 23.1 Å². The molecule has 1 heterocycles. The zero-order valence-electron chi connectivity index (χ0n) is 13.8. The van der Waals surface area contributed by atoms with Gasteiger partial charge in [-0.2, -0.15) is 0 Å². The Balaban J connectivity index is 1.89. The van der Waals surface area contributed by atoms with Gasteiger partial charge in [-0.15, -0.1) is 0 Å². The van der Waals surface area contributed by atoms with E-state index in [1.165, 1.54) is 30.3 Å². The van der Waals surface area contributed by atoms with Crippen molar-refractivity contribution in [3.05, 3.63) is 66.2 Å². The van der Waals surface area contributed by atoms with E-state index in [1.807, 2.05) is 0 Å². The zero-order valence-corrected chi connectivity index (χ0v) is 14.6. The molecule has 2 N–H and O–H groups in total. The van der Waals surface area contributed by atoms with Crippen molar-refractivity contribution in [2.24, 2.45) is 5.14 Å². The quantitative estimate of drug-likeness (QED) is 0.741. The fourth-order valence-corrected chi connectivity index (χ4v) is 3.47. The van der Waals surface area contributed by atoms with Crippen molar-refractivity contribution in [2.45, 2.75) is 4.90 Å². The first-order chi connectivity index (χ1) is 12.8. The van der Waals surface area contributed by atoms with E-state index in [9.17, 15) is 17.2 Å². The molecule has 8 heteroatoms. The number of halogens is 2. The standard InChI is InChI=1S/C19H13F2NO4S/c20-15-7-6-14(11-1-4-13(5-2-11)27(22,23)24)18(19(15)21)12-3-8-16-17(9-12)26-10-25-16/h1-9H,10H2,(H2,22,23,24). The van der Waals surface area contributed by atoms with Crippen LogP contribution in [0, 0.1) is 11.6 Å². The second kappa shape index (κ2) is 6.33. The highest BCUT2D eigenvalue weighted by Crippen LogP contribution is 2.41. The maximum Gasteiger partial charge on any atom is 0.238 e. The molecule has 0 atom stereocenters. The third kappa shape index (κ3) is 3.13. The first-order valence-corrected chi connectivity index (χ1v) is 9.40. The Morgan fingerprint density at radius 3 is 2.22 bits per heavy atom. The van der Waals surface area contributed by atoms with Crippen molar-refractivity contribution in [3.63, 3.8) is 0 Å². The van der Waals surface area contributed by atoms with Crippen molar-refractivity contribution in [3.8, 4) is 33.8 Å². The SMILES string of the molecule is NS(=O)(=O)c1ccc(-c2ccc(F)c(F)c2-c2ccc3c(c2)OCO3)cc1. The van der Waals surface area contributed by atoms with Gasteiger partial charge < -0.3 is 9.47 Å². The number of nitrogens with two attached hydrogens (primary N) is 1. The van der Waals surface area contributed by atoms with E-state index in [2.05, 4.69) is 0 Å². The van der Waals surface area contributed by atoms with Crippen molar-refractivity contribution >= 4 is 10.0 Å². The van der Waals surface area contributed by atoms with Crippen molar-refractivity contribution < 1.29 is 26.7 Å². The third-order valence-corrected chi connectivity index (χ3v) is 5.18. The van der Waals surface area contributed by atoms with E-state index >= 15 is 0 Å². The molecule has 1 aliphatic heterocycles. The normalized spacial score (nSPS) is 13.0. The van der Waals surface area contributed by atoms with Crippen LogP contribution >= 0.6 is 0 Å². The Morgan fingerprint density at radius 1 is 0.852 bits per heavy atom. The van der Waals surface area contributed by atoms with Crippen molar-refractivity contribution in [2.75, 3.05) is 6.79 Å². The molecule has 0 fully saturated rings. The predicted octanol–water partition coefficient (Wildman–Crippen LogP) is 3.67. The Morgan fingerprint density at radius 2 is 1.52 bits per heavy atom. The Hall–Kier alpha value is -2.97. The summed E-state index contributed by atoms with van der Waals surface area (Å²) in [5, 5.41) is 5.10. The summed E-state index contributed by atoms with van der Waals surface area (Å²) in [4.78, 5) is -0.0709. The summed E-state index contributed by atoms with van der Waals surface area (Å²) in [7, 11) is -3.85. The van der Waals surface area contributed by atoms with Crippen LogP contribution in [0.3, 0.4) is 0 Å². The summed E-state index contributed by atoms with van der Waals surface area (Å²) >= 11 is 0. The fraction of sp³-hybridized carbons (Fsp3) is 0.0526. The highest BCUT2D eigenvalue weighted by atomic mass is 32.2. The third-order valence-electron chi connectivity index (χ3n) is 4.25. The Bertz CT molecular complexity index is 1150. The topological polar surface area (TPSA) is 78.6 Å². The van der Waals surface area contributed by atoms with Gasteiger partial charge in [-0.3, -0.25) is 0 Å². The minimum atomic E-state index is -3.85. The second-order valence-corrected chi connectivity index (χ2v) is 7.48. The fourth-order valence-electron chi connectivity index (χ4n) is 2.95. The average Bonchev–Trinajstić information content (AvgIpc) is 3.11. The molecule has 4 rings (SSSR count). The number of sulfonamides is 1. The van der Waals surface area contributed by atoms with Gasteiger partial charge in [0.2, 0.25) is 16.8 Å². The maximum absolute atomic E-state index is 14.7. The van der Waals surface area contributed by atoms with Crippen molar-refractivity contribution in [1.29, 1.82) is 0 Å². The predicted molar refractivity (Wildman–Crippen MR) is 94.7 cm³/mol. The zero-order chi connectivity index (χ0) is 19.2. The van der Waals surface area contributed by atoms with E-state index in [0.29, 0.717) is 28.2 Å². The first-order valence-electron chi connectivity index (χ1n) is 7.86. The number of rotatable bonds is 3. The van der Waals surface area contributed by atoms with Gasteiger partial charge >= 0.3 is 0 Å². The largest absolute Gasteiger partial charge is 0.454 e. The van der Waals surface area contributed by atoms with E-state index < -0.39 is 21.7 Å². The minimum absolute atomic E-state index is 0.0386. The molecule has 0 amide bonds. The van der Waals surface area contributed by atoms with Gasteiger partial charge in [0.1, 0.15) is 0 Å². The molecule has 138 valence electrons. The van der Waals surface area contributed by atoms with Crippen LogP contribution in [0.1, 0.15) is 0 Å². The smallest absolute Gasteiger partial charge is 0.238 e. The van der Waals surface area contributed by atoms with E-state index in [1.54, 1.807) is 18.2 Å². The van der Waals surface area contributed by atoms with Crippen LogP contribution in [-0.2, 0) is 10.0 Å². The number of hydrogen-bond acceptors (Lipinski definition) is 4. The molecule has 3 aromatic rings. The molecule has 0 saturated carbocycles. The molecule has 0 saturated heterocycles. The summed E-state index contributed by atoms with van der Waals surface area (Å²) in [5.74, 6) is -1.05. The summed E-state index contributed by atoms with van der Waals surface area (Å²) in [6.45, 7) is 0.0618. The molecule has 0 spiro atoms. The molecular formula is C19H13F2NO4S. The van der Waals surface area contributed by atoms with Crippen LogP contribution in [0.5, 0.6) is 11.5 Å². The summed E-state index contributed by atoms with van der Waals surface area (Å²) in [6.07, 6.45) is 0. The highest BCUT2D eigenvalue weighted by Gasteiger charge is 2.20. The van der Waals surface area contributed by atoms with Crippen LogP contribution in [0.2, 0.25) is 0 Å². The highest BCUT2D eigenvalue weighted by molar-refractivity contribution is 7.89. The number of primary sulfonamides is 1. The van der Waals surface area contributed by atoms with Gasteiger partial charge in [-0.1, -0.05) is 24.3 Å². The van der Waals surface area contributed by atoms with Crippen LogP contribution in [0.25, 0.3) is 22.3 Å². The lowest BCUT2D eigenvalue weighted by Crippen LogP contribution is -2.11. The lowest BCUT2D eigenvalue weighted by atomic mass is 9.93. The summed E-state index contributed by atoms with van der Waals surface area (Å²) in [6, 6.07) is 12.9. The van der Waals surface area contributed by atoms with Crippen LogP contribution in [0.15, 0.2) is 59.5 Å². The molecule has 0 aliphatic carbocycles. The second-order valence-electron chi connectivity index (χ2n) is 5.92. The van der Waals surface area contributed by atoms with Gasteiger partial charge in [-0.25, -0.2) is 22.3 Å². The molecule has 3 aromatic carbocycles. The van der Waals surface area contributed by atoms with Gasteiger partial charge in [0.25, 0.3) is 0 Å². The molecule has 0 aromatic heterocycles. The molecule has 27 heavy (non-hydrogen) atoms. The van der Waals surface area contributed by atoms with Crippen molar-refractivity contribution in [1.82, 2.24) is 0 Å². The molecule has 0 unspecified atom stereocenters. The van der Waals surface area contributed by atoms with Gasteiger partial charge in [0.05, 0.1) is 4.90 Å². The number of fused-ring (bicyclic) bond motifs is 1. The minimum Gasteiger partial charge on any atom is -0.454 e. The Labute approximate surface area is 154 Å². The molecule has 5 nitrogen and oxygen atoms in total. The average molecular weight is 389 g/mol. The van der Waals surface area contributed by atoms with E-state index in [-0.39, 0.29) is 17.3 Å². The maximum atomic E-state index is 14.7. The summed E-state index contributed by atoms with van der Waals surface area (Å²) in [5.41, 5.74) is 1.35. The van der Waals surface area contributed by atoms with Gasteiger partial charge in [-0.05, 0) is 47.0 Å². The number of ether oxygens (including phenoxy) is 2. The van der Waals surface area contributed by atoms with Gasteiger partial charge in [0, 0.05) is 5.56 Å². The number of benzene rings is 3. The van der Waals surface area contributed by atoms with Crippen LogP contribution < -0.4 is 14.6 Å². The lowest BCUT2D eigenvalue weighted by Gasteiger charge is -2.13. The summed E-state index contributed by atoms with van der Waals surface area (Å²) < 4.78 is 62.0. The lowest BCUT2D eigenvalue weighted by molar-refractivity contribution is 0.174. The van der Waals surface area contributed by atoms with E-state index in [0.717, 1.165) is 6.07 Å². The molecule has 0 bridgehead atoms.